The molecule has 0 aromatic carbocycles. The van der Waals surface area contributed by atoms with Crippen LogP contribution in [0.5, 0.6) is 0 Å². The lowest BCUT2D eigenvalue weighted by Gasteiger charge is -2.30. The predicted molar refractivity (Wildman–Crippen MR) is 72.1 cm³/mol. The maximum atomic E-state index is 11.9. The molecule has 0 bridgehead atoms. The van der Waals surface area contributed by atoms with E-state index >= 15 is 0 Å². The minimum absolute atomic E-state index is 0.153. The molecule has 6 heteroatoms. The van der Waals surface area contributed by atoms with Crippen LogP contribution in [0.2, 0.25) is 0 Å². The van der Waals surface area contributed by atoms with E-state index in [4.69, 9.17) is 9.47 Å². The lowest BCUT2D eigenvalue weighted by atomic mass is 9.83. The second-order valence-corrected chi connectivity index (χ2v) is 5.84. The van der Waals surface area contributed by atoms with Gasteiger partial charge in [0.25, 0.3) is 0 Å². The van der Waals surface area contributed by atoms with Gasteiger partial charge < -0.3 is 14.8 Å². The van der Waals surface area contributed by atoms with Gasteiger partial charge in [0, 0.05) is 6.42 Å². The van der Waals surface area contributed by atoms with Crippen molar-refractivity contribution in [2.45, 2.75) is 58.6 Å². The van der Waals surface area contributed by atoms with Crippen molar-refractivity contribution in [2.24, 2.45) is 5.92 Å². The third kappa shape index (κ3) is 4.83. The van der Waals surface area contributed by atoms with E-state index in [1.807, 2.05) is 0 Å². The summed E-state index contributed by atoms with van der Waals surface area (Å²) in [4.78, 5) is 35.6. The highest BCUT2D eigenvalue weighted by atomic mass is 16.6. The van der Waals surface area contributed by atoms with Crippen LogP contribution in [-0.4, -0.2) is 36.1 Å². The number of Topliss-reactive ketones (excluding diaryl/α,β-unsaturated/α-hetero) is 1. The Morgan fingerprint density at radius 2 is 2.00 bits per heavy atom. The topological polar surface area (TPSA) is 81.7 Å². The molecule has 20 heavy (non-hydrogen) atoms. The highest BCUT2D eigenvalue weighted by Gasteiger charge is 2.39. The summed E-state index contributed by atoms with van der Waals surface area (Å²) in [5.41, 5.74) is -0.652. The number of rotatable bonds is 3. The number of carbonyl (C=O) groups excluding carboxylic acids is 3. The summed E-state index contributed by atoms with van der Waals surface area (Å²) in [5, 5.41) is 2.50. The normalized spacial score (nSPS) is 23.1. The summed E-state index contributed by atoms with van der Waals surface area (Å²) in [6.45, 7) is 7.16. The Balaban J connectivity index is 2.73. The predicted octanol–water partition coefficient (Wildman–Crippen LogP) is 1.81. The molecule has 1 aliphatic rings. The fraction of sp³-hybridized carbons (Fsp3) is 0.786. The number of amides is 1. The molecule has 0 aromatic rings. The number of ketones is 1. The third-order valence-corrected chi connectivity index (χ3v) is 2.95. The van der Waals surface area contributed by atoms with Crippen LogP contribution in [0, 0.1) is 5.92 Å². The van der Waals surface area contributed by atoms with Gasteiger partial charge >= 0.3 is 12.1 Å². The first-order valence-corrected chi connectivity index (χ1v) is 6.93. The van der Waals surface area contributed by atoms with E-state index in [0.717, 1.165) is 0 Å². The molecule has 2 atom stereocenters. The van der Waals surface area contributed by atoms with Gasteiger partial charge in [0.2, 0.25) is 0 Å². The van der Waals surface area contributed by atoms with Gasteiger partial charge in [-0.3, -0.25) is 9.59 Å². The summed E-state index contributed by atoms with van der Waals surface area (Å²) in [6.07, 6.45) is 0.836. The van der Waals surface area contributed by atoms with Crippen LogP contribution >= 0.6 is 0 Å². The Hall–Kier alpha value is -1.59. The highest BCUT2D eigenvalue weighted by molar-refractivity contribution is 5.93. The number of hydrogen-bond donors (Lipinski definition) is 1. The minimum Gasteiger partial charge on any atom is -0.466 e. The molecule has 1 N–H and O–H groups in total. The molecule has 0 unspecified atom stereocenters. The summed E-state index contributed by atoms with van der Waals surface area (Å²) in [7, 11) is 0. The Bertz CT molecular complexity index is 386. The monoisotopic (exact) mass is 285 g/mol. The van der Waals surface area contributed by atoms with Gasteiger partial charge in [0.15, 0.2) is 5.78 Å². The van der Waals surface area contributed by atoms with Crippen LogP contribution in [0.1, 0.15) is 47.0 Å². The second-order valence-electron chi connectivity index (χ2n) is 5.84. The van der Waals surface area contributed by atoms with Crippen molar-refractivity contribution in [1.82, 2.24) is 5.32 Å². The molecule has 0 radical (unpaired) electrons. The maximum absolute atomic E-state index is 11.9. The van der Waals surface area contributed by atoms with Crippen molar-refractivity contribution in [3.8, 4) is 0 Å². The average molecular weight is 285 g/mol. The van der Waals surface area contributed by atoms with Gasteiger partial charge in [-0.2, -0.15) is 0 Å². The quantitative estimate of drug-likeness (QED) is 0.800. The van der Waals surface area contributed by atoms with Gasteiger partial charge in [-0.25, -0.2) is 4.79 Å². The molecule has 0 heterocycles. The number of nitrogens with one attached hydrogen (secondary N) is 1. The fourth-order valence-electron chi connectivity index (χ4n) is 2.16. The van der Waals surface area contributed by atoms with E-state index in [9.17, 15) is 14.4 Å². The fourth-order valence-corrected chi connectivity index (χ4v) is 2.16. The molecule has 6 nitrogen and oxygen atoms in total. The number of esters is 1. The molecular formula is C14H23NO5. The second kappa shape index (κ2) is 6.72. The summed E-state index contributed by atoms with van der Waals surface area (Å²) < 4.78 is 10.1. The smallest absolute Gasteiger partial charge is 0.408 e. The number of carbonyl (C=O) groups is 3. The van der Waals surface area contributed by atoms with E-state index < -0.39 is 29.6 Å². The zero-order valence-corrected chi connectivity index (χ0v) is 12.5. The molecule has 1 rings (SSSR count). The first kappa shape index (κ1) is 16.5. The van der Waals surface area contributed by atoms with Crippen LogP contribution < -0.4 is 5.32 Å². The maximum Gasteiger partial charge on any atom is 0.408 e. The van der Waals surface area contributed by atoms with E-state index in [2.05, 4.69) is 5.32 Å². The average Bonchev–Trinajstić information content (AvgIpc) is 2.29. The summed E-state index contributed by atoms with van der Waals surface area (Å²) >= 11 is 0. The first-order valence-electron chi connectivity index (χ1n) is 6.93. The van der Waals surface area contributed by atoms with Gasteiger partial charge in [-0.1, -0.05) is 0 Å². The van der Waals surface area contributed by atoms with Crippen LogP contribution in [0.4, 0.5) is 4.79 Å². The van der Waals surface area contributed by atoms with Crippen molar-refractivity contribution in [3.05, 3.63) is 0 Å². The number of ether oxygens (including phenoxy) is 2. The molecule has 1 fully saturated rings. The van der Waals surface area contributed by atoms with Crippen molar-refractivity contribution in [1.29, 1.82) is 0 Å². The molecule has 0 saturated heterocycles. The lowest BCUT2D eigenvalue weighted by molar-refractivity contribution is -0.152. The molecule has 0 aromatic heterocycles. The minimum atomic E-state index is -0.849. The van der Waals surface area contributed by atoms with Gasteiger partial charge in [0.1, 0.15) is 11.6 Å². The van der Waals surface area contributed by atoms with Gasteiger partial charge in [-0.15, -0.1) is 0 Å². The zero-order valence-electron chi connectivity index (χ0n) is 12.5. The standard InChI is InChI=1S/C14H23NO5/c1-5-19-12(17)9-7-6-8-10(16)11(9)15-13(18)20-14(2,3)4/h9,11H,5-8H2,1-4H3,(H,15,18)/t9-,11+/m1/s1. The molecule has 0 spiro atoms. The summed E-state index contributed by atoms with van der Waals surface area (Å²) in [6, 6.07) is -0.849. The molecule has 1 saturated carbocycles. The molecular weight excluding hydrogens is 262 g/mol. The van der Waals surface area contributed by atoms with Crippen LogP contribution in [0.15, 0.2) is 0 Å². The van der Waals surface area contributed by atoms with Gasteiger partial charge in [-0.05, 0) is 40.5 Å². The number of hydrogen-bond acceptors (Lipinski definition) is 5. The largest absolute Gasteiger partial charge is 0.466 e. The van der Waals surface area contributed by atoms with Gasteiger partial charge in [0.05, 0.1) is 12.5 Å². The van der Waals surface area contributed by atoms with Crippen LogP contribution in [0.25, 0.3) is 0 Å². The zero-order chi connectivity index (χ0) is 15.3. The van der Waals surface area contributed by atoms with Crippen molar-refractivity contribution < 1.29 is 23.9 Å². The van der Waals surface area contributed by atoms with E-state index in [-0.39, 0.29) is 12.4 Å². The summed E-state index contributed by atoms with van der Waals surface area (Å²) in [5.74, 6) is -1.22. The van der Waals surface area contributed by atoms with Crippen LogP contribution in [0.3, 0.4) is 0 Å². The first-order chi connectivity index (χ1) is 9.24. The Kier molecular flexibility index (Phi) is 5.53. The van der Waals surface area contributed by atoms with Crippen molar-refractivity contribution >= 4 is 17.8 Å². The van der Waals surface area contributed by atoms with E-state index in [1.165, 1.54) is 0 Å². The SMILES string of the molecule is CCOC(=O)[C@@H]1CCCC(=O)[C@H]1NC(=O)OC(C)(C)C. The molecule has 1 amide bonds. The molecule has 0 aliphatic heterocycles. The Morgan fingerprint density at radius 1 is 1.35 bits per heavy atom. The molecule has 1 aliphatic carbocycles. The van der Waals surface area contributed by atoms with Crippen LogP contribution in [-0.2, 0) is 19.1 Å². The third-order valence-electron chi connectivity index (χ3n) is 2.95. The van der Waals surface area contributed by atoms with Crippen molar-refractivity contribution in [2.75, 3.05) is 6.61 Å². The van der Waals surface area contributed by atoms with E-state index in [1.54, 1.807) is 27.7 Å². The molecule has 114 valence electrons. The van der Waals surface area contributed by atoms with E-state index in [0.29, 0.717) is 19.3 Å². The lowest BCUT2D eigenvalue weighted by Crippen LogP contribution is -2.52. The number of alkyl carbamates (subject to hydrolysis) is 1. The Labute approximate surface area is 119 Å². The highest BCUT2D eigenvalue weighted by Crippen LogP contribution is 2.23. The van der Waals surface area contributed by atoms with Crippen molar-refractivity contribution in [3.63, 3.8) is 0 Å². The Morgan fingerprint density at radius 3 is 2.55 bits per heavy atom.